The molecule has 3 rings (SSSR count). The number of carbonyl (C=O) groups excluding carboxylic acids is 1. The van der Waals surface area contributed by atoms with Gasteiger partial charge in [0.05, 0.1) is 0 Å². The van der Waals surface area contributed by atoms with Crippen LogP contribution >= 0.6 is 0 Å². The number of hydrogen-bond donors (Lipinski definition) is 0. The van der Waals surface area contributed by atoms with Crippen molar-refractivity contribution in [1.29, 1.82) is 0 Å². The maximum absolute atomic E-state index is 12.5. The van der Waals surface area contributed by atoms with E-state index in [2.05, 4.69) is 40.2 Å². The second-order valence-electron chi connectivity index (χ2n) is 6.73. The van der Waals surface area contributed by atoms with Gasteiger partial charge in [0.2, 0.25) is 5.91 Å². The van der Waals surface area contributed by atoms with E-state index < -0.39 is 0 Å². The Bertz CT molecular complexity index is 627. The topological polar surface area (TPSA) is 33.2 Å². The molecule has 3 heteroatoms. The van der Waals surface area contributed by atoms with Gasteiger partial charge in [-0.05, 0) is 55.2 Å². The second kappa shape index (κ2) is 8.62. The molecular weight excluding hydrogens is 296 g/mol. The van der Waals surface area contributed by atoms with Gasteiger partial charge < -0.3 is 4.90 Å². The average Bonchev–Trinajstić information content (AvgIpc) is 2.66. The lowest BCUT2D eigenvalue weighted by Crippen LogP contribution is -2.40. The summed E-state index contributed by atoms with van der Waals surface area (Å²) in [5, 5.41) is 0. The van der Waals surface area contributed by atoms with E-state index in [0.29, 0.717) is 18.2 Å². The highest BCUT2D eigenvalue weighted by atomic mass is 16.2. The molecule has 2 heterocycles. The van der Waals surface area contributed by atoms with Gasteiger partial charge in [0, 0.05) is 31.9 Å². The van der Waals surface area contributed by atoms with Crippen molar-refractivity contribution in [2.24, 2.45) is 5.92 Å². The minimum Gasteiger partial charge on any atom is -0.342 e. The van der Waals surface area contributed by atoms with Crippen LogP contribution < -0.4 is 0 Å². The summed E-state index contributed by atoms with van der Waals surface area (Å²) >= 11 is 0. The smallest absolute Gasteiger partial charge is 0.222 e. The highest BCUT2D eigenvalue weighted by molar-refractivity contribution is 5.76. The van der Waals surface area contributed by atoms with Crippen LogP contribution in [0.25, 0.3) is 0 Å². The maximum atomic E-state index is 12.5. The number of pyridine rings is 1. The first kappa shape index (κ1) is 16.7. The molecule has 0 radical (unpaired) electrons. The normalized spacial score (nSPS) is 17.7. The molecular formula is C21H26N2O. The van der Waals surface area contributed by atoms with Gasteiger partial charge >= 0.3 is 0 Å². The Morgan fingerprint density at radius 3 is 2.71 bits per heavy atom. The summed E-state index contributed by atoms with van der Waals surface area (Å²) in [6.07, 6.45) is 9.69. The van der Waals surface area contributed by atoms with Gasteiger partial charge in [0.15, 0.2) is 0 Å². The third kappa shape index (κ3) is 4.92. The first-order chi connectivity index (χ1) is 11.8. The molecule has 126 valence electrons. The zero-order chi connectivity index (χ0) is 16.6. The number of benzene rings is 1. The number of hydrogen-bond acceptors (Lipinski definition) is 2. The molecule has 0 spiro atoms. The predicted molar refractivity (Wildman–Crippen MR) is 96.6 cm³/mol. The van der Waals surface area contributed by atoms with E-state index in [1.807, 2.05) is 18.3 Å². The number of amides is 1. The van der Waals surface area contributed by atoms with E-state index in [4.69, 9.17) is 0 Å². The Labute approximate surface area is 144 Å². The monoisotopic (exact) mass is 322 g/mol. The molecule has 1 fully saturated rings. The highest BCUT2D eigenvalue weighted by Crippen LogP contribution is 2.22. The van der Waals surface area contributed by atoms with Crippen LogP contribution in [0.5, 0.6) is 0 Å². The zero-order valence-electron chi connectivity index (χ0n) is 14.2. The lowest BCUT2D eigenvalue weighted by atomic mass is 9.91. The van der Waals surface area contributed by atoms with Gasteiger partial charge in [-0.3, -0.25) is 9.78 Å². The summed E-state index contributed by atoms with van der Waals surface area (Å²) in [5.41, 5.74) is 2.54. The number of rotatable bonds is 6. The summed E-state index contributed by atoms with van der Waals surface area (Å²) in [5.74, 6) is 0.935. The number of aromatic nitrogens is 1. The Morgan fingerprint density at radius 2 is 1.92 bits per heavy atom. The fraction of sp³-hybridized carbons (Fsp3) is 0.429. The Morgan fingerprint density at radius 1 is 1.08 bits per heavy atom. The number of piperidine rings is 1. The molecule has 1 aromatic carbocycles. The molecule has 1 saturated heterocycles. The van der Waals surface area contributed by atoms with E-state index in [0.717, 1.165) is 37.9 Å². The summed E-state index contributed by atoms with van der Waals surface area (Å²) in [7, 11) is 0. The summed E-state index contributed by atoms with van der Waals surface area (Å²) < 4.78 is 0. The Kier molecular flexibility index (Phi) is 6.00. The van der Waals surface area contributed by atoms with Crippen LogP contribution in [0.3, 0.4) is 0 Å². The zero-order valence-corrected chi connectivity index (χ0v) is 14.2. The Hall–Kier alpha value is -2.16. The minimum absolute atomic E-state index is 0.295. The van der Waals surface area contributed by atoms with Crippen LogP contribution in [-0.2, 0) is 17.6 Å². The molecule has 0 saturated carbocycles. The van der Waals surface area contributed by atoms with E-state index in [9.17, 15) is 4.79 Å². The van der Waals surface area contributed by atoms with Crippen molar-refractivity contribution in [2.45, 2.75) is 38.5 Å². The molecule has 3 nitrogen and oxygen atoms in total. The number of aryl methyl sites for hydroxylation is 2. The molecule has 2 aromatic rings. The fourth-order valence-electron chi connectivity index (χ4n) is 3.50. The first-order valence-corrected chi connectivity index (χ1v) is 9.02. The molecule has 0 bridgehead atoms. The standard InChI is InChI=1S/C21H26N2O/c24-21(13-12-19-8-4-14-22-16-19)23-15-5-9-20(17-23)11-10-18-6-2-1-3-7-18/h1-4,6-8,14,16,20H,5,9-13,15,17H2. The SMILES string of the molecule is O=C(CCc1cccnc1)N1CCCC(CCc2ccccc2)C1. The molecule has 1 aliphatic rings. The summed E-state index contributed by atoms with van der Waals surface area (Å²) in [6, 6.07) is 14.6. The molecule has 24 heavy (non-hydrogen) atoms. The van der Waals surface area contributed by atoms with Gasteiger partial charge in [0.25, 0.3) is 0 Å². The molecule has 1 aliphatic heterocycles. The number of nitrogens with zero attached hydrogens (tertiary/aromatic N) is 2. The van der Waals surface area contributed by atoms with Crippen LogP contribution in [0, 0.1) is 5.92 Å². The lowest BCUT2D eigenvalue weighted by Gasteiger charge is -2.33. The average molecular weight is 322 g/mol. The van der Waals surface area contributed by atoms with E-state index in [1.54, 1.807) is 6.20 Å². The van der Waals surface area contributed by atoms with Crippen LogP contribution in [-0.4, -0.2) is 28.9 Å². The van der Waals surface area contributed by atoms with Crippen LogP contribution in [0.4, 0.5) is 0 Å². The molecule has 1 atom stereocenters. The third-order valence-electron chi connectivity index (χ3n) is 4.91. The molecule has 1 aromatic heterocycles. The third-order valence-corrected chi connectivity index (χ3v) is 4.91. The lowest BCUT2D eigenvalue weighted by molar-refractivity contribution is -0.133. The molecule has 1 amide bonds. The first-order valence-electron chi connectivity index (χ1n) is 9.02. The summed E-state index contributed by atoms with van der Waals surface area (Å²) in [6.45, 7) is 1.85. The molecule has 0 N–H and O–H groups in total. The largest absolute Gasteiger partial charge is 0.342 e. The van der Waals surface area contributed by atoms with Crippen molar-refractivity contribution in [1.82, 2.24) is 9.88 Å². The molecule has 1 unspecified atom stereocenters. The Balaban J connectivity index is 1.45. The van der Waals surface area contributed by atoms with Gasteiger partial charge in [-0.15, -0.1) is 0 Å². The van der Waals surface area contributed by atoms with Crippen molar-refractivity contribution in [3.05, 3.63) is 66.0 Å². The second-order valence-corrected chi connectivity index (χ2v) is 6.73. The van der Waals surface area contributed by atoms with E-state index in [1.165, 1.54) is 18.4 Å². The van der Waals surface area contributed by atoms with Gasteiger partial charge in [-0.2, -0.15) is 0 Å². The highest BCUT2D eigenvalue weighted by Gasteiger charge is 2.23. The van der Waals surface area contributed by atoms with Gasteiger partial charge in [-0.1, -0.05) is 36.4 Å². The quantitative estimate of drug-likeness (QED) is 0.808. The fourth-order valence-corrected chi connectivity index (χ4v) is 3.50. The summed E-state index contributed by atoms with van der Waals surface area (Å²) in [4.78, 5) is 18.7. The maximum Gasteiger partial charge on any atom is 0.222 e. The van der Waals surface area contributed by atoms with E-state index >= 15 is 0 Å². The van der Waals surface area contributed by atoms with Crippen molar-refractivity contribution in [2.75, 3.05) is 13.1 Å². The van der Waals surface area contributed by atoms with Gasteiger partial charge in [-0.25, -0.2) is 0 Å². The van der Waals surface area contributed by atoms with Crippen LogP contribution in [0.2, 0.25) is 0 Å². The van der Waals surface area contributed by atoms with Crippen molar-refractivity contribution in [3.63, 3.8) is 0 Å². The van der Waals surface area contributed by atoms with Crippen molar-refractivity contribution < 1.29 is 4.79 Å². The predicted octanol–water partition coefficient (Wildman–Crippen LogP) is 3.89. The van der Waals surface area contributed by atoms with E-state index in [-0.39, 0.29) is 0 Å². The number of likely N-dealkylation sites (tertiary alicyclic amines) is 1. The van der Waals surface area contributed by atoms with Crippen molar-refractivity contribution in [3.8, 4) is 0 Å². The molecule has 0 aliphatic carbocycles. The van der Waals surface area contributed by atoms with Crippen molar-refractivity contribution >= 4 is 5.91 Å². The van der Waals surface area contributed by atoms with Crippen LogP contribution in [0.1, 0.15) is 36.8 Å². The minimum atomic E-state index is 0.295. The van der Waals surface area contributed by atoms with Crippen LogP contribution in [0.15, 0.2) is 54.9 Å². The number of carbonyl (C=O) groups is 1. The van der Waals surface area contributed by atoms with Gasteiger partial charge in [0.1, 0.15) is 0 Å².